The lowest BCUT2D eigenvalue weighted by molar-refractivity contribution is 0.0523. The molecule has 0 radical (unpaired) electrons. The van der Waals surface area contributed by atoms with Crippen LogP contribution in [0.2, 0.25) is 0 Å². The van der Waals surface area contributed by atoms with Gasteiger partial charge in [-0.05, 0) is 38.5 Å². The highest BCUT2D eigenvalue weighted by Gasteiger charge is 2.23. The SMILES string of the molecule is CCOC(=O)c1cnn(CC)c1Oc1c(F)cc(C)cc1F. The van der Waals surface area contributed by atoms with Crippen molar-refractivity contribution in [2.75, 3.05) is 6.61 Å². The van der Waals surface area contributed by atoms with Crippen LogP contribution in [0.1, 0.15) is 29.8 Å². The van der Waals surface area contributed by atoms with Crippen LogP contribution in [0.5, 0.6) is 11.6 Å². The molecule has 5 nitrogen and oxygen atoms in total. The van der Waals surface area contributed by atoms with E-state index in [2.05, 4.69) is 5.10 Å². The van der Waals surface area contributed by atoms with Gasteiger partial charge in [-0.2, -0.15) is 5.10 Å². The summed E-state index contributed by atoms with van der Waals surface area (Å²) in [7, 11) is 0. The molecule has 118 valence electrons. The molecule has 0 saturated heterocycles. The second-order valence-corrected chi connectivity index (χ2v) is 4.56. The molecule has 1 aromatic carbocycles. The van der Waals surface area contributed by atoms with Crippen LogP contribution in [-0.4, -0.2) is 22.4 Å². The summed E-state index contributed by atoms with van der Waals surface area (Å²) in [5.74, 6) is -2.99. The van der Waals surface area contributed by atoms with E-state index in [1.165, 1.54) is 10.9 Å². The number of benzene rings is 1. The number of aryl methyl sites for hydroxylation is 2. The molecule has 0 amide bonds. The van der Waals surface area contributed by atoms with E-state index in [1.807, 2.05) is 0 Å². The first-order chi connectivity index (χ1) is 10.5. The Bertz CT molecular complexity index is 675. The number of aromatic nitrogens is 2. The highest BCUT2D eigenvalue weighted by Crippen LogP contribution is 2.31. The minimum absolute atomic E-state index is 0.0167. The van der Waals surface area contributed by atoms with Crippen molar-refractivity contribution in [3.8, 4) is 11.6 Å². The number of carbonyl (C=O) groups excluding carboxylic acids is 1. The van der Waals surface area contributed by atoms with E-state index in [0.717, 1.165) is 12.1 Å². The Morgan fingerprint density at radius 2 is 1.91 bits per heavy atom. The molecule has 0 atom stereocenters. The van der Waals surface area contributed by atoms with E-state index in [0.29, 0.717) is 12.1 Å². The van der Waals surface area contributed by atoms with Gasteiger partial charge in [0, 0.05) is 6.54 Å². The number of carbonyl (C=O) groups is 1. The second kappa shape index (κ2) is 6.55. The number of hydrogen-bond donors (Lipinski definition) is 0. The molecule has 0 N–H and O–H groups in total. The number of halogens is 2. The molecule has 2 rings (SSSR count). The topological polar surface area (TPSA) is 53.3 Å². The maximum atomic E-state index is 13.9. The largest absolute Gasteiger partial charge is 0.462 e. The van der Waals surface area contributed by atoms with Crippen LogP contribution in [0.4, 0.5) is 8.78 Å². The standard InChI is InChI=1S/C15H16F2N2O3/c1-4-19-14(10(8-18-19)15(20)21-5-2)22-13-11(16)6-9(3)7-12(13)17/h6-8H,4-5H2,1-3H3. The van der Waals surface area contributed by atoms with Crippen LogP contribution < -0.4 is 4.74 Å². The van der Waals surface area contributed by atoms with Gasteiger partial charge in [-0.1, -0.05) is 0 Å². The average molecular weight is 310 g/mol. The molecular formula is C15H16F2N2O3. The highest BCUT2D eigenvalue weighted by molar-refractivity contribution is 5.91. The molecule has 0 fully saturated rings. The lowest BCUT2D eigenvalue weighted by Crippen LogP contribution is -2.08. The van der Waals surface area contributed by atoms with E-state index in [9.17, 15) is 13.6 Å². The lowest BCUT2D eigenvalue weighted by atomic mass is 10.2. The second-order valence-electron chi connectivity index (χ2n) is 4.56. The van der Waals surface area contributed by atoms with Gasteiger partial charge in [-0.3, -0.25) is 0 Å². The molecule has 1 aromatic heterocycles. The quantitative estimate of drug-likeness (QED) is 0.794. The van der Waals surface area contributed by atoms with Crippen molar-refractivity contribution in [3.05, 3.63) is 41.1 Å². The third-order valence-corrected chi connectivity index (χ3v) is 2.93. The Balaban J connectivity index is 2.45. The molecule has 0 aliphatic rings. The predicted octanol–water partition coefficient (Wildman–Crippen LogP) is 3.46. The van der Waals surface area contributed by atoms with Crippen molar-refractivity contribution < 1.29 is 23.0 Å². The zero-order valence-electron chi connectivity index (χ0n) is 12.5. The lowest BCUT2D eigenvalue weighted by Gasteiger charge is -2.11. The minimum Gasteiger partial charge on any atom is -0.462 e. The number of esters is 1. The van der Waals surface area contributed by atoms with Crippen LogP contribution in [0, 0.1) is 18.6 Å². The summed E-state index contributed by atoms with van der Waals surface area (Å²) in [5, 5.41) is 3.96. The van der Waals surface area contributed by atoms with E-state index in [4.69, 9.17) is 9.47 Å². The fourth-order valence-electron chi connectivity index (χ4n) is 1.94. The van der Waals surface area contributed by atoms with Crippen molar-refractivity contribution in [2.45, 2.75) is 27.3 Å². The van der Waals surface area contributed by atoms with Crippen LogP contribution in [0.15, 0.2) is 18.3 Å². The van der Waals surface area contributed by atoms with Crippen molar-refractivity contribution in [3.63, 3.8) is 0 Å². The van der Waals surface area contributed by atoms with E-state index >= 15 is 0 Å². The minimum atomic E-state index is -0.851. The summed E-state index contributed by atoms with van der Waals surface area (Å²) in [6.45, 7) is 5.52. The highest BCUT2D eigenvalue weighted by atomic mass is 19.1. The molecular weight excluding hydrogens is 294 g/mol. The summed E-state index contributed by atoms with van der Waals surface area (Å²) < 4.78 is 39.3. The third-order valence-electron chi connectivity index (χ3n) is 2.93. The van der Waals surface area contributed by atoms with Gasteiger partial charge in [0.2, 0.25) is 11.6 Å². The fourth-order valence-corrected chi connectivity index (χ4v) is 1.94. The summed E-state index contributed by atoms with van der Waals surface area (Å²) in [5.41, 5.74) is 0.444. The zero-order valence-corrected chi connectivity index (χ0v) is 12.5. The smallest absolute Gasteiger partial charge is 0.345 e. The molecule has 7 heteroatoms. The van der Waals surface area contributed by atoms with Gasteiger partial charge < -0.3 is 9.47 Å². The Morgan fingerprint density at radius 3 is 2.45 bits per heavy atom. The van der Waals surface area contributed by atoms with Gasteiger partial charge >= 0.3 is 5.97 Å². The number of rotatable bonds is 5. The molecule has 0 saturated carbocycles. The van der Waals surface area contributed by atoms with Crippen LogP contribution in [0.25, 0.3) is 0 Å². The molecule has 0 bridgehead atoms. The molecule has 1 heterocycles. The molecule has 0 unspecified atom stereocenters. The van der Waals surface area contributed by atoms with E-state index in [-0.39, 0.29) is 18.1 Å². The van der Waals surface area contributed by atoms with Crippen LogP contribution >= 0.6 is 0 Å². The molecule has 0 aliphatic carbocycles. The van der Waals surface area contributed by atoms with E-state index in [1.54, 1.807) is 20.8 Å². The number of hydrogen-bond acceptors (Lipinski definition) is 4. The predicted molar refractivity (Wildman–Crippen MR) is 75.0 cm³/mol. The Labute approximate surface area is 126 Å². The fraction of sp³-hybridized carbons (Fsp3) is 0.333. The Kier molecular flexibility index (Phi) is 4.75. The van der Waals surface area contributed by atoms with Crippen molar-refractivity contribution in [1.82, 2.24) is 9.78 Å². The van der Waals surface area contributed by atoms with Gasteiger partial charge in [0.05, 0.1) is 12.8 Å². The maximum Gasteiger partial charge on any atom is 0.345 e. The summed E-state index contributed by atoms with van der Waals surface area (Å²) in [4.78, 5) is 11.9. The molecule has 22 heavy (non-hydrogen) atoms. The first-order valence-corrected chi connectivity index (χ1v) is 6.84. The Morgan fingerprint density at radius 1 is 1.27 bits per heavy atom. The first kappa shape index (κ1) is 15.9. The number of nitrogens with zero attached hydrogens (tertiary/aromatic N) is 2. The average Bonchev–Trinajstić information content (AvgIpc) is 2.85. The normalized spacial score (nSPS) is 10.6. The summed E-state index contributed by atoms with van der Waals surface area (Å²) in [6.07, 6.45) is 1.25. The first-order valence-electron chi connectivity index (χ1n) is 6.84. The summed E-state index contributed by atoms with van der Waals surface area (Å²) in [6, 6.07) is 2.30. The van der Waals surface area contributed by atoms with Crippen molar-refractivity contribution in [2.24, 2.45) is 0 Å². The van der Waals surface area contributed by atoms with Gasteiger partial charge in [0.25, 0.3) is 0 Å². The van der Waals surface area contributed by atoms with Crippen molar-refractivity contribution in [1.29, 1.82) is 0 Å². The van der Waals surface area contributed by atoms with Gasteiger partial charge in [0.1, 0.15) is 5.56 Å². The Hall–Kier alpha value is -2.44. The molecule has 0 aliphatic heterocycles. The summed E-state index contributed by atoms with van der Waals surface area (Å²) >= 11 is 0. The van der Waals surface area contributed by atoms with Gasteiger partial charge in [-0.15, -0.1) is 0 Å². The van der Waals surface area contributed by atoms with Gasteiger partial charge in [0.15, 0.2) is 11.6 Å². The van der Waals surface area contributed by atoms with Crippen molar-refractivity contribution >= 4 is 5.97 Å². The number of ether oxygens (including phenoxy) is 2. The van der Waals surface area contributed by atoms with E-state index < -0.39 is 23.4 Å². The maximum absolute atomic E-state index is 13.9. The van der Waals surface area contributed by atoms with Gasteiger partial charge in [-0.25, -0.2) is 18.3 Å². The van der Waals surface area contributed by atoms with Crippen LogP contribution in [0.3, 0.4) is 0 Å². The monoisotopic (exact) mass is 310 g/mol. The molecule has 2 aromatic rings. The van der Waals surface area contributed by atoms with Crippen LogP contribution in [-0.2, 0) is 11.3 Å². The molecule has 0 spiro atoms. The third kappa shape index (κ3) is 3.08. The zero-order chi connectivity index (χ0) is 16.3.